The third-order valence-electron chi connectivity index (χ3n) is 3.30. The molecule has 0 radical (unpaired) electrons. The van der Waals surface area contributed by atoms with Gasteiger partial charge in [-0.05, 0) is 25.0 Å². The molecule has 2 aromatic rings. The van der Waals surface area contributed by atoms with Crippen molar-refractivity contribution in [3.05, 3.63) is 24.3 Å². The summed E-state index contributed by atoms with van der Waals surface area (Å²) in [5, 5.41) is 5.62. The van der Waals surface area contributed by atoms with Crippen molar-refractivity contribution in [3.63, 3.8) is 0 Å². The van der Waals surface area contributed by atoms with Gasteiger partial charge >= 0.3 is 0 Å². The van der Waals surface area contributed by atoms with Crippen LogP contribution in [0.2, 0.25) is 0 Å². The number of thioether (sulfide) groups is 1. The summed E-state index contributed by atoms with van der Waals surface area (Å²) in [7, 11) is 0. The fourth-order valence-corrected chi connectivity index (χ4v) is 3.87. The molecule has 5 nitrogen and oxygen atoms in total. The van der Waals surface area contributed by atoms with Crippen molar-refractivity contribution in [1.82, 2.24) is 15.6 Å². The molecular formula is C15H17N3O2S2. The van der Waals surface area contributed by atoms with Crippen LogP contribution in [0.4, 0.5) is 0 Å². The Hall–Kier alpha value is -1.60. The van der Waals surface area contributed by atoms with Crippen LogP contribution in [-0.4, -0.2) is 35.6 Å². The minimum absolute atomic E-state index is 0.0371. The van der Waals surface area contributed by atoms with E-state index in [4.69, 9.17) is 0 Å². The first-order valence-electron chi connectivity index (χ1n) is 7.25. The number of carbonyl (C=O) groups excluding carboxylic acids is 2. The van der Waals surface area contributed by atoms with Crippen LogP contribution in [0.15, 0.2) is 28.6 Å². The molecule has 0 aliphatic heterocycles. The molecule has 0 unspecified atom stereocenters. The summed E-state index contributed by atoms with van der Waals surface area (Å²) in [6.07, 6.45) is 1.99. The van der Waals surface area contributed by atoms with Gasteiger partial charge < -0.3 is 10.6 Å². The lowest BCUT2D eigenvalue weighted by molar-refractivity contribution is -0.123. The van der Waals surface area contributed by atoms with Crippen LogP contribution in [0, 0.1) is 5.92 Å². The average Bonchev–Trinajstić information content (AvgIpc) is 3.29. The van der Waals surface area contributed by atoms with Gasteiger partial charge in [0.05, 0.1) is 16.0 Å². The Morgan fingerprint density at radius 2 is 2.00 bits per heavy atom. The number of nitrogens with zero attached hydrogens (tertiary/aromatic N) is 1. The van der Waals surface area contributed by atoms with Crippen molar-refractivity contribution < 1.29 is 9.59 Å². The van der Waals surface area contributed by atoms with E-state index >= 15 is 0 Å². The van der Waals surface area contributed by atoms with Crippen molar-refractivity contribution in [3.8, 4) is 0 Å². The fraction of sp³-hybridized carbons (Fsp3) is 0.400. The van der Waals surface area contributed by atoms with Crippen LogP contribution >= 0.6 is 23.1 Å². The smallest absolute Gasteiger partial charge is 0.230 e. The van der Waals surface area contributed by atoms with E-state index in [-0.39, 0.29) is 17.7 Å². The van der Waals surface area contributed by atoms with E-state index in [1.54, 1.807) is 11.3 Å². The SMILES string of the molecule is O=C(CSc1nc2ccccc2s1)NCCNC(=O)C1CC1. The summed E-state index contributed by atoms with van der Waals surface area (Å²) in [6.45, 7) is 0.963. The van der Waals surface area contributed by atoms with E-state index in [0.29, 0.717) is 18.8 Å². The Kier molecular flexibility index (Phi) is 4.94. The van der Waals surface area contributed by atoms with Gasteiger partial charge in [0.2, 0.25) is 11.8 Å². The second kappa shape index (κ2) is 7.11. The van der Waals surface area contributed by atoms with Gasteiger partial charge in [-0.3, -0.25) is 9.59 Å². The molecule has 0 atom stereocenters. The Morgan fingerprint density at radius 1 is 1.23 bits per heavy atom. The fourth-order valence-electron chi connectivity index (χ4n) is 1.97. The monoisotopic (exact) mass is 335 g/mol. The number of thiazole rings is 1. The molecule has 1 saturated carbocycles. The van der Waals surface area contributed by atoms with Crippen molar-refractivity contribution >= 4 is 45.1 Å². The zero-order valence-electron chi connectivity index (χ0n) is 12.0. The van der Waals surface area contributed by atoms with Gasteiger partial charge in [0.1, 0.15) is 0 Å². The van der Waals surface area contributed by atoms with Crippen molar-refractivity contribution in [2.75, 3.05) is 18.8 Å². The van der Waals surface area contributed by atoms with Gasteiger partial charge in [-0.25, -0.2) is 4.98 Å². The lowest BCUT2D eigenvalue weighted by atomic mass is 10.3. The number of fused-ring (bicyclic) bond motifs is 1. The summed E-state index contributed by atoms with van der Waals surface area (Å²) in [6, 6.07) is 7.94. The van der Waals surface area contributed by atoms with Crippen LogP contribution in [0.1, 0.15) is 12.8 Å². The summed E-state index contributed by atoms with van der Waals surface area (Å²) in [4.78, 5) is 27.6. The molecule has 3 rings (SSSR count). The third kappa shape index (κ3) is 4.20. The zero-order chi connectivity index (χ0) is 15.4. The molecule has 0 spiro atoms. The molecule has 1 aliphatic carbocycles. The van der Waals surface area contributed by atoms with Gasteiger partial charge in [-0.1, -0.05) is 23.9 Å². The van der Waals surface area contributed by atoms with Crippen LogP contribution in [0.3, 0.4) is 0 Å². The van der Waals surface area contributed by atoms with Gasteiger partial charge in [0, 0.05) is 19.0 Å². The highest BCUT2D eigenvalue weighted by Gasteiger charge is 2.28. The molecule has 1 aromatic heterocycles. The van der Waals surface area contributed by atoms with E-state index in [1.165, 1.54) is 11.8 Å². The molecule has 2 amide bonds. The number of para-hydroxylation sites is 1. The molecule has 22 heavy (non-hydrogen) atoms. The van der Waals surface area contributed by atoms with Crippen molar-refractivity contribution in [2.24, 2.45) is 5.92 Å². The van der Waals surface area contributed by atoms with Crippen molar-refractivity contribution in [1.29, 1.82) is 0 Å². The molecular weight excluding hydrogens is 318 g/mol. The molecule has 0 bridgehead atoms. The Balaban J connectivity index is 1.35. The summed E-state index contributed by atoms with van der Waals surface area (Å²) in [5.74, 6) is 0.629. The average molecular weight is 335 g/mol. The first kappa shape index (κ1) is 15.3. The Morgan fingerprint density at radius 3 is 2.77 bits per heavy atom. The van der Waals surface area contributed by atoms with E-state index in [1.807, 2.05) is 24.3 Å². The number of rotatable bonds is 7. The Labute approximate surface area is 136 Å². The highest BCUT2D eigenvalue weighted by atomic mass is 32.2. The highest BCUT2D eigenvalue weighted by molar-refractivity contribution is 8.01. The van der Waals surface area contributed by atoms with E-state index in [9.17, 15) is 9.59 Å². The van der Waals surface area contributed by atoms with Crippen LogP contribution in [-0.2, 0) is 9.59 Å². The second-order valence-corrected chi connectivity index (χ2v) is 7.40. The molecule has 1 heterocycles. The van der Waals surface area contributed by atoms with Gasteiger partial charge in [0.25, 0.3) is 0 Å². The molecule has 0 saturated heterocycles. The van der Waals surface area contributed by atoms with Gasteiger partial charge in [0.15, 0.2) is 4.34 Å². The minimum atomic E-state index is -0.0371. The molecule has 1 aliphatic rings. The number of benzene rings is 1. The van der Waals surface area contributed by atoms with Gasteiger partial charge in [-0.15, -0.1) is 11.3 Å². The van der Waals surface area contributed by atoms with Crippen LogP contribution in [0.5, 0.6) is 0 Å². The maximum atomic E-state index is 11.8. The third-order valence-corrected chi connectivity index (χ3v) is 5.47. The predicted molar refractivity (Wildman–Crippen MR) is 89.1 cm³/mol. The summed E-state index contributed by atoms with van der Waals surface area (Å²) in [5.41, 5.74) is 0.971. The number of nitrogens with one attached hydrogen (secondary N) is 2. The lowest BCUT2D eigenvalue weighted by Crippen LogP contribution is -2.35. The van der Waals surface area contributed by atoms with Gasteiger partial charge in [-0.2, -0.15) is 0 Å². The number of hydrogen-bond acceptors (Lipinski definition) is 5. The maximum absolute atomic E-state index is 11.8. The number of aromatic nitrogens is 1. The summed E-state index contributed by atoms with van der Waals surface area (Å²) >= 11 is 3.04. The van der Waals surface area contributed by atoms with Crippen LogP contribution < -0.4 is 10.6 Å². The van der Waals surface area contributed by atoms with E-state index in [0.717, 1.165) is 27.4 Å². The van der Waals surface area contributed by atoms with E-state index < -0.39 is 0 Å². The Bertz CT molecular complexity index is 649. The predicted octanol–water partition coefficient (Wildman–Crippen LogP) is 2.03. The normalized spacial score (nSPS) is 14.0. The molecule has 116 valence electrons. The summed E-state index contributed by atoms with van der Waals surface area (Å²) < 4.78 is 2.03. The second-order valence-electron chi connectivity index (χ2n) is 5.15. The number of carbonyl (C=O) groups is 2. The number of hydrogen-bond donors (Lipinski definition) is 2. The molecule has 2 N–H and O–H groups in total. The quantitative estimate of drug-likeness (QED) is 0.600. The van der Waals surface area contributed by atoms with E-state index in [2.05, 4.69) is 15.6 Å². The topological polar surface area (TPSA) is 71.1 Å². The standard InChI is InChI=1S/C15H17N3O2S2/c19-13(16-7-8-17-14(20)10-5-6-10)9-21-15-18-11-3-1-2-4-12(11)22-15/h1-4,10H,5-9H2,(H,16,19)(H,17,20). The van der Waals surface area contributed by atoms with Crippen molar-refractivity contribution in [2.45, 2.75) is 17.2 Å². The maximum Gasteiger partial charge on any atom is 0.230 e. The first-order chi connectivity index (χ1) is 10.7. The number of amides is 2. The largest absolute Gasteiger partial charge is 0.354 e. The highest BCUT2D eigenvalue weighted by Crippen LogP contribution is 2.29. The molecule has 1 aromatic carbocycles. The molecule has 7 heteroatoms. The van der Waals surface area contributed by atoms with Crippen LogP contribution in [0.25, 0.3) is 10.2 Å². The minimum Gasteiger partial charge on any atom is -0.354 e. The lowest BCUT2D eigenvalue weighted by Gasteiger charge is -2.05. The first-order valence-corrected chi connectivity index (χ1v) is 9.05. The molecule has 1 fully saturated rings. The zero-order valence-corrected chi connectivity index (χ0v) is 13.6.